The fourth-order valence-electron chi connectivity index (χ4n) is 2.91. The molecule has 0 aliphatic rings. The van der Waals surface area contributed by atoms with Crippen LogP contribution >= 0.6 is 0 Å². The van der Waals surface area contributed by atoms with Crippen molar-refractivity contribution < 1.29 is 0 Å². The topological polar surface area (TPSA) is 36.4 Å². The monoisotopic (exact) mass is 363 g/mol. The third-order valence-corrected chi connectivity index (χ3v) is 4.31. The van der Waals surface area contributed by atoms with Crippen LogP contribution in [0.2, 0.25) is 0 Å². The van der Waals surface area contributed by atoms with Crippen LogP contribution in [0.5, 0.6) is 0 Å². The number of rotatable bonds is 6. The van der Waals surface area contributed by atoms with Crippen molar-refractivity contribution in [3.63, 3.8) is 0 Å². The number of hydrogen-bond donors (Lipinski definition) is 2. The molecule has 0 bridgehead atoms. The molecule has 0 saturated heterocycles. The Kier molecular flexibility index (Phi) is 5.45. The van der Waals surface area contributed by atoms with E-state index in [-0.39, 0.29) is 0 Å². The van der Waals surface area contributed by atoms with E-state index in [1.54, 1.807) is 0 Å². The van der Waals surface area contributed by atoms with E-state index in [1.807, 2.05) is 103 Å². The van der Waals surface area contributed by atoms with Gasteiger partial charge in [-0.1, -0.05) is 66.7 Å². The van der Waals surface area contributed by atoms with Crippen LogP contribution < -0.4 is 10.6 Å². The van der Waals surface area contributed by atoms with Crippen LogP contribution in [0.4, 0.5) is 28.4 Å². The molecule has 0 spiro atoms. The van der Waals surface area contributed by atoms with Gasteiger partial charge in [0.15, 0.2) is 0 Å². The highest BCUT2D eigenvalue weighted by atomic mass is 14.9. The molecule has 4 rings (SSSR count). The third kappa shape index (κ3) is 4.46. The van der Waals surface area contributed by atoms with Crippen molar-refractivity contribution in [2.75, 3.05) is 10.6 Å². The number of aliphatic imine (C=N–C) groups is 1. The molecular formula is C25H21N3. The summed E-state index contributed by atoms with van der Waals surface area (Å²) in [6, 6.07) is 36.5. The Morgan fingerprint density at radius 3 is 1.68 bits per heavy atom. The maximum Gasteiger partial charge on any atom is 0.0864 e. The highest BCUT2D eigenvalue weighted by Crippen LogP contribution is 2.28. The first-order chi connectivity index (χ1) is 13.9. The van der Waals surface area contributed by atoms with Gasteiger partial charge in [-0.15, -0.1) is 0 Å². The first kappa shape index (κ1) is 17.6. The molecule has 0 atom stereocenters. The maximum absolute atomic E-state index is 4.75. The lowest BCUT2D eigenvalue weighted by molar-refractivity contribution is 1.47. The molecule has 0 fully saturated rings. The zero-order chi connectivity index (χ0) is 19.0. The Morgan fingerprint density at radius 1 is 0.500 bits per heavy atom. The number of nitrogens with one attached hydrogen (secondary N) is 2. The summed E-state index contributed by atoms with van der Waals surface area (Å²) >= 11 is 0. The van der Waals surface area contributed by atoms with Crippen LogP contribution in [-0.2, 0) is 0 Å². The molecule has 0 heterocycles. The molecule has 2 N–H and O–H groups in total. The summed E-state index contributed by atoms with van der Waals surface area (Å²) < 4.78 is 0. The number of hydrogen-bond acceptors (Lipinski definition) is 3. The van der Waals surface area contributed by atoms with Gasteiger partial charge in [-0.05, 0) is 42.5 Å². The van der Waals surface area contributed by atoms with Crippen molar-refractivity contribution in [1.82, 2.24) is 0 Å². The molecule has 0 unspecified atom stereocenters. The SMILES string of the molecule is C(=Nc1ccccc1Nc1ccccc1)c1ccccc1Nc1ccccc1. The summed E-state index contributed by atoms with van der Waals surface area (Å²) in [5, 5.41) is 6.89. The van der Waals surface area contributed by atoms with Crippen LogP contribution in [0, 0.1) is 0 Å². The molecular weight excluding hydrogens is 342 g/mol. The zero-order valence-corrected chi connectivity index (χ0v) is 15.4. The van der Waals surface area contributed by atoms with E-state index in [2.05, 4.69) is 22.8 Å². The maximum atomic E-state index is 4.75. The van der Waals surface area contributed by atoms with E-state index in [4.69, 9.17) is 4.99 Å². The second kappa shape index (κ2) is 8.69. The second-order valence-electron chi connectivity index (χ2n) is 6.34. The lowest BCUT2D eigenvalue weighted by Gasteiger charge is -2.10. The molecule has 3 nitrogen and oxygen atoms in total. The van der Waals surface area contributed by atoms with Crippen molar-refractivity contribution in [3.8, 4) is 0 Å². The van der Waals surface area contributed by atoms with Crippen LogP contribution in [-0.4, -0.2) is 6.21 Å². The molecule has 0 radical (unpaired) electrons. The lowest BCUT2D eigenvalue weighted by atomic mass is 10.1. The number of para-hydroxylation sites is 5. The standard InChI is InChI=1S/C25H21N3/c1-3-12-21(13-4-1)27-23-16-8-7-11-20(23)19-26-24-17-9-10-18-25(24)28-22-14-5-2-6-15-22/h1-19,27-28H. The van der Waals surface area contributed by atoms with Crippen molar-refractivity contribution in [3.05, 3.63) is 115 Å². The summed E-state index contributed by atoms with van der Waals surface area (Å²) in [7, 11) is 0. The van der Waals surface area contributed by atoms with Gasteiger partial charge >= 0.3 is 0 Å². The van der Waals surface area contributed by atoms with Crippen LogP contribution in [0.3, 0.4) is 0 Å². The van der Waals surface area contributed by atoms with Crippen LogP contribution in [0.1, 0.15) is 5.56 Å². The van der Waals surface area contributed by atoms with E-state index >= 15 is 0 Å². The Hall–Kier alpha value is -3.85. The van der Waals surface area contributed by atoms with Gasteiger partial charge in [0.05, 0.1) is 11.4 Å². The average Bonchev–Trinajstić information content (AvgIpc) is 2.76. The Bertz CT molecular complexity index is 970. The summed E-state index contributed by atoms with van der Waals surface area (Å²) in [6.45, 7) is 0. The molecule has 0 saturated carbocycles. The molecule has 4 aromatic carbocycles. The zero-order valence-electron chi connectivity index (χ0n) is 15.4. The Morgan fingerprint density at radius 2 is 1.00 bits per heavy atom. The van der Waals surface area contributed by atoms with Crippen LogP contribution in [0.15, 0.2) is 114 Å². The molecule has 0 amide bonds. The van der Waals surface area contributed by atoms with E-state index in [0.29, 0.717) is 0 Å². The fraction of sp³-hybridized carbons (Fsp3) is 0. The number of nitrogens with zero attached hydrogens (tertiary/aromatic N) is 1. The largest absolute Gasteiger partial charge is 0.355 e. The van der Waals surface area contributed by atoms with Crippen molar-refractivity contribution in [1.29, 1.82) is 0 Å². The van der Waals surface area contributed by atoms with Gasteiger partial charge in [0, 0.05) is 28.8 Å². The first-order valence-electron chi connectivity index (χ1n) is 9.25. The molecule has 28 heavy (non-hydrogen) atoms. The summed E-state index contributed by atoms with van der Waals surface area (Å²) in [6.07, 6.45) is 1.90. The minimum Gasteiger partial charge on any atom is -0.355 e. The molecule has 0 aliphatic carbocycles. The minimum absolute atomic E-state index is 0.890. The van der Waals surface area contributed by atoms with Gasteiger partial charge in [0.2, 0.25) is 0 Å². The smallest absolute Gasteiger partial charge is 0.0864 e. The quantitative estimate of drug-likeness (QED) is 0.365. The van der Waals surface area contributed by atoms with Gasteiger partial charge in [0.1, 0.15) is 0 Å². The third-order valence-electron chi connectivity index (χ3n) is 4.31. The van der Waals surface area contributed by atoms with Crippen molar-refractivity contribution >= 4 is 34.7 Å². The fourth-order valence-corrected chi connectivity index (χ4v) is 2.91. The van der Waals surface area contributed by atoms with E-state index in [9.17, 15) is 0 Å². The molecule has 0 aromatic heterocycles. The highest BCUT2D eigenvalue weighted by molar-refractivity contribution is 5.91. The number of benzene rings is 4. The minimum atomic E-state index is 0.890. The lowest BCUT2D eigenvalue weighted by Crippen LogP contribution is -1.95. The molecule has 3 heteroatoms. The van der Waals surface area contributed by atoms with Gasteiger partial charge in [-0.2, -0.15) is 0 Å². The summed E-state index contributed by atoms with van der Waals surface area (Å²) in [5.74, 6) is 0. The summed E-state index contributed by atoms with van der Waals surface area (Å²) in [4.78, 5) is 4.75. The number of anilines is 4. The predicted octanol–water partition coefficient (Wildman–Crippen LogP) is 6.92. The Balaban J connectivity index is 1.59. The van der Waals surface area contributed by atoms with E-state index in [1.165, 1.54) is 0 Å². The van der Waals surface area contributed by atoms with Gasteiger partial charge in [0.25, 0.3) is 0 Å². The predicted molar refractivity (Wildman–Crippen MR) is 120 cm³/mol. The van der Waals surface area contributed by atoms with E-state index in [0.717, 1.165) is 34.0 Å². The van der Waals surface area contributed by atoms with Crippen molar-refractivity contribution in [2.45, 2.75) is 0 Å². The van der Waals surface area contributed by atoms with Gasteiger partial charge in [-0.25, -0.2) is 0 Å². The summed E-state index contributed by atoms with van der Waals surface area (Å²) in [5.41, 5.74) is 6.00. The van der Waals surface area contributed by atoms with E-state index < -0.39 is 0 Å². The molecule has 136 valence electrons. The Labute approximate surface area is 165 Å². The van der Waals surface area contributed by atoms with Gasteiger partial charge in [-0.3, -0.25) is 4.99 Å². The second-order valence-corrected chi connectivity index (χ2v) is 6.34. The average molecular weight is 363 g/mol. The molecule has 0 aliphatic heterocycles. The van der Waals surface area contributed by atoms with Crippen molar-refractivity contribution in [2.24, 2.45) is 4.99 Å². The molecule has 4 aromatic rings. The van der Waals surface area contributed by atoms with Crippen LogP contribution in [0.25, 0.3) is 0 Å². The first-order valence-corrected chi connectivity index (χ1v) is 9.25. The normalized spacial score (nSPS) is 10.7. The van der Waals surface area contributed by atoms with Gasteiger partial charge < -0.3 is 10.6 Å². The highest BCUT2D eigenvalue weighted by Gasteiger charge is 2.03.